The van der Waals surface area contributed by atoms with Crippen molar-refractivity contribution in [1.82, 2.24) is 15.5 Å². The number of nitrogens with zero attached hydrogens (tertiary/aromatic N) is 2. The fourth-order valence-electron chi connectivity index (χ4n) is 3.15. The number of anilines is 1. The predicted molar refractivity (Wildman–Crippen MR) is 110 cm³/mol. The van der Waals surface area contributed by atoms with Crippen molar-refractivity contribution in [1.29, 1.82) is 0 Å². The lowest BCUT2D eigenvalue weighted by Gasteiger charge is -2.10. The summed E-state index contributed by atoms with van der Waals surface area (Å²) in [5.74, 6) is -0.255. The second-order valence-electron chi connectivity index (χ2n) is 7.51. The summed E-state index contributed by atoms with van der Waals surface area (Å²) in [4.78, 5) is 29.7. The maximum atomic E-state index is 12.9. The van der Waals surface area contributed by atoms with Gasteiger partial charge in [0.25, 0.3) is 11.6 Å². The second kappa shape index (κ2) is 7.83. The molecule has 0 atom stereocenters. The van der Waals surface area contributed by atoms with E-state index in [2.05, 4.69) is 20.8 Å². The van der Waals surface area contributed by atoms with E-state index < -0.39 is 0 Å². The zero-order valence-corrected chi connectivity index (χ0v) is 16.9. The number of carbonyl (C=O) groups excluding carboxylic acids is 2. The molecule has 4 rings (SSSR count). The van der Waals surface area contributed by atoms with Gasteiger partial charge in [-0.3, -0.25) is 9.59 Å². The molecule has 1 aliphatic rings. The van der Waals surface area contributed by atoms with Crippen LogP contribution in [0.1, 0.15) is 60.3 Å². The molecule has 1 aromatic carbocycles. The Hall–Kier alpha value is -2.93. The highest BCUT2D eigenvalue weighted by atomic mass is 35.5. The van der Waals surface area contributed by atoms with Crippen LogP contribution in [0.4, 0.5) is 5.69 Å². The Morgan fingerprint density at radius 1 is 1.24 bits per heavy atom. The van der Waals surface area contributed by atoms with Gasteiger partial charge in [0.2, 0.25) is 5.91 Å². The number of carbonyl (C=O) groups is 2. The van der Waals surface area contributed by atoms with Crippen LogP contribution in [0.5, 0.6) is 0 Å². The van der Waals surface area contributed by atoms with E-state index in [4.69, 9.17) is 16.1 Å². The van der Waals surface area contributed by atoms with E-state index in [0.29, 0.717) is 39.0 Å². The van der Waals surface area contributed by atoms with Gasteiger partial charge in [0.1, 0.15) is 0 Å². The SMILES string of the molecule is CC(C)c1noc2nc(C3CC3)cc(C(=O)NCC(=O)Nc3ccc(Cl)cc3)c12. The van der Waals surface area contributed by atoms with E-state index in [0.717, 1.165) is 18.5 Å². The fourth-order valence-corrected chi connectivity index (χ4v) is 3.27. The Balaban J connectivity index is 1.53. The van der Waals surface area contributed by atoms with Crippen LogP contribution < -0.4 is 10.6 Å². The number of hydrogen-bond donors (Lipinski definition) is 2. The van der Waals surface area contributed by atoms with Crippen molar-refractivity contribution in [2.75, 3.05) is 11.9 Å². The number of amides is 2. The first-order chi connectivity index (χ1) is 13.9. The highest BCUT2D eigenvalue weighted by Crippen LogP contribution is 2.41. The van der Waals surface area contributed by atoms with Gasteiger partial charge in [-0.25, -0.2) is 4.98 Å². The lowest BCUT2D eigenvalue weighted by Crippen LogP contribution is -2.33. The fraction of sp³-hybridized carbons (Fsp3) is 0.333. The van der Waals surface area contributed by atoms with Crippen LogP contribution in [0.25, 0.3) is 11.1 Å². The first-order valence-electron chi connectivity index (χ1n) is 9.56. The predicted octanol–water partition coefficient (Wildman–Crippen LogP) is 4.25. The maximum absolute atomic E-state index is 12.9. The third-order valence-corrected chi connectivity index (χ3v) is 5.07. The lowest BCUT2D eigenvalue weighted by molar-refractivity contribution is -0.115. The molecule has 1 aliphatic carbocycles. The van der Waals surface area contributed by atoms with Gasteiger partial charge in [-0.05, 0) is 49.1 Å². The number of fused-ring (bicyclic) bond motifs is 1. The highest BCUT2D eigenvalue weighted by molar-refractivity contribution is 6.30. The molecule has 0 spiro atoms. The van der Waals surface area contributed by atoms with E-state index in [1.54, 1.807) is 30.3 Å². The van der Waals surface area contributed by atoms with Crippen molar-refractivity contribution >= 4 is 40.2 Å². The summed E-state index contributed by atoms with van der Waals surface area (Å²) >= 11 is 5.84. The smallest absolute Gasteiger partial charge is 0.259 e. The lowest BCUT2D eigenvalue weighted by atomic mass is 10.0. The molecule has 2 N–H and O–H groups in total. The normalized spacial score (nSPS) is 13.7. The van der Waals surface area contributed by atoms with Gasteiger partial charge in [0.15, 0.2) is 0 Å². The topological polar surface area (TPSA) is 97.1 Å². The molecule has 2 aromatic heterocycles. The van der Waals surface area contributed by atoms with Gasteiger partial charge >= 0.3 is 0 Å². The third kappa shape index (κ3) is 4.24. The first-order valence-corrected chi connectivity index (χ1v) is 9.94. The largest absolute Gasteiger partial charge is 0.343 e. The van der Waals surface area contributed by atoms with Crippen LogP contribution in [0, 0.1) is 0 Å². The van der Waals surface area contributed by atoms with Gasteiger partial charge in [0.05, 0.1) is 23.2 Å². The van der Waals surface area contributed by atoms with Crippen molar-refractivity contribution in [3.63, 3.8) is 0 Å². The maximum Gasteiger partial charge on any atom is 0.259 e. The number of pyridine rings is 1. The Morgan fingerprint density at radius 2 is 1.97 bits per heavy atom. The van der Waals surface area contributed by atoms with E-state index in [-0.39, 0.29) is 24.3 Å². The molecule has 3 aromatic rings. The Kier molecular flexibility index (Phi) is 5.24. The minimum atomic E-state index is -0.351. The summed E-state index contributed by atoms with van der Waals surface area (Å²) in [7, 11) is 0. The van der Waals surface area contributed by atoms with Crippen molar-refractivity contribution in [2.45, 2.75) is 38.5 Å². The summed E-state index contributed by atoms with van der Waals surface area (Å²) < 4.78 is 5.40. The summed E-state index contributed by atoms with van der Waals surface area (Å²) in [6, 6.07) is 8.56. The quantitative estimate of drug-likeness (QED) is 0.630. The van der Waals surface area contributed by atoms with Crippen LogP contribution in [-0.4, -0.2) is 28.5 Å². The average molecular weight is 413 g/mol. The number of rotatable bonds is 6. The molecular formula is C21H21ClN4O3. The van der Waals surface area contributed by atoms with Gasteiger partial charge in [-0.15, -0.1) is 0 Å². The molecule has 29 heavy (non-hydrogen) atoms. The van der Waals surface area contributed by atoms with Gasteiger partial charge in [-0.1, -0.05) is 30.6 Å². The van der Waals surface area contributed by atoms with Crippen molar-refractivity contribution in [3.05, 3.63) is 52.3 Å². The standard InChI is InChI=1S/C21H21ClN4O3/c1-11(2)19-18-15(9-16(12-3-4-12)25-21(18)29-26-19)20(28)23-10-17(27)24-14-7-5-13(22)6-8-14/h5-9,11-12H,3-4,10H2,1-2H3,(H,23,28)(H,24,27). The van der Waals surface area contributed by atoms with Crippen molar-refractivity contribution in [2.24, 2.45) is 0 Å². The van der Waals surface area contributed by atoms with Crippen molar-refractivity contribution < 1.29 is 14.1 Å². The van der Waals surface area contributed by atoms with Crippen LogP contribution in [0.3, 0.4) is 0 Å². The minimum absolute atomic E-state index is 0.0737. The van der Waals surface area contributed by atoms with Crippen LogP contribution in [0.15, 0.2) is 34.9 Å². The monoisotopic (exact) mass is 412 g/mol. The second-order valence-corrected chi connectivity index (χ2v) is 7.95. The summed E-state index contributed by atoms with van der Waals surface area (Å²) in [5.41, 5.74) is 2.94. The minimum Gasteiger partial charge on any atom is -0.343 e. The molecule has 2 amide bonds. The molecule has 0 bridgehead atoms. The van der Waals surface area contributed by atoms with Gasteiger partial charge in [0, 0.05) is 22.3 Å². The number of hydrogen-bond acceptors (Lipinski definition) is 5. The summed E-state index contributed by atoms with van der Waals surface area (Å²) in [6.07, 6.45) is 2.10. The molecule has 1 fully saturated rings. The molecule has 0 unspecified atom stereocenters. The molecule has 150 valence electrons. The van der Waals surface area contributed by atoms with E-state index in [9.17, 15) is 9.59 Å². The molecule has 7 nitrogen and oxygen atoms in total. The molecule has 0 saturated heterocycles. The highest BCUT2D eigenvalue weighted by Gasteiger charge is 2.29. The molecular weight excluding hydrogens is 392 g/mol. The average Bonchev–Trinajstić information content (AvgIpc) is 3.46. The van der Waals surface area contributed by atoms with E-state index >= 15 is 0 Å². The molecule has 8 heteroatoms. The Labute approximate surface area is 172 Å². The van der Waals surface area contributed by atoms with Crippen molar-refractivity contribution in [3.8, 4) is 0 Å². The van der Waals surface area contributed by atoms with Crippen LogP contribution >= 0.6 is 11.6 Å². The first kappa shape index (κ1) is 19.4. The molecule has 0 aliphatic heterocycles. The number of benzene rings is 1. The molecule has 0 radical (unpaired) electrons. The number of halogens is 1. The van der Waals surface area contributed by atoms with E-state index in [1.807, 2.05) is 13.8 Å². The molecule has 1 saturated carbocycles. The van der Waals surface area contributed by atoms with Gasteiger partial charge < -0.3 is 15.2 Å². The Morgan fingerprint density at radius 3 is 2.62 bits per heavy atom. The summed E-state index contributed by atoms with van der Waals surface area (Å²) in [6.45, 7) is 3.80. The van der Waals surface area contributed by atoms with Crippen LogP contribution in [0.2, 0.25) is 5.02 Å². The molecule has 2 heterocycles. The number of nitrogens with one attached hydrogen (secondary N) is 2. The Bertz CT molecular complexity index is 1070. The summed E-state index contributed by atoms with van der Waals surface area (Å²) in [5, 5.41) is 10.7. The third-order valence-electron chi connectivity index (χ3n) is 4.82. The number of aromatic nitrogens is 2. The zero-order chi connectivity index (χ0) is 20.5. The van der Waals surface area contributed by atoms with Crippen LogP contribution in [-0.2, 0) is 4.79 Å². The van der Waals surface area contributed by atoms with Gasteiger partial charge in [-0.2, -0.15) is 0 Å². The van der Waals surface area contributed by atoms with E-state index in [1.165, 1.54) is 0 Å². The zero-order valence-electron chi connectivity index (χ0n) is 16.2.